The summed E-state index contributed by atoms with van der Waals surface area (Å²) >= 11 is 0. The first kappa shape index (κ1) is 18.2. The second-order valence-corrected chi connectivity index (χ2v) is 5.89. The van der Waals surface area contributed by atoms with Gasteiger partial charge in [0.2, 0.25) is 0 Å². The van der Waals surface area contributed by atoms with Gasteiger partial charge in [0, 0.05) is 11.3 Å². The van der Waals surface area contributed by atoms with Gasteiger partial charge in [-0.05, 0) is 61.9 Å². The number of carbonyl (C=O) groups is 1. The average molecular weight is 363 g/mol. The van der Waals surface area contributed by atoms with E-state index >= 15 is 0 Å². The highest BCUT2D eigenvalue weighted by atomic mass is 16.5. The minimum atomic E-state index is -0.372. The lowest BCUT2D eigenvalue weighted by molar-refractivity contribution is 0.0950. The number of hydrazone groups is 1. The lowest BCUT2D eigenvalue weighted by Crippen LogP contribution is -2.19. The molecule has 1 aromatic heterocycles. The minimum Gasteiger partial charge on any atom is -0.494 e. The smallest absolute Gasteiger partial charge is 0.289 e. The van der Waals surface area contributed by atoms with E-state index in [0.29, 0.717) is 29.4 Å². The fraction of sp³-hybridized carbons (Fsp3) is 0.150. The third-order valence-corrected chi connectivity index (χ3v) is 3.91. The zero-order valence-corrected chi connectivity index (χ0v) is 15.2. The largest absolute Gasteiger partial charge is 0.494 e. The van der Waals surface area contributed by atoms with E-state index in [1.807, 2.05) is 43.3 Å². The predicted octanol–water partition coefficient (Wildman–Crippen LogP) is 3.21. The molecule has 138 valence electrons. The summed E-state index contributed by atoms with van der Waals surface area (Å²) in [6.07, 6.45) is 0. The Hall–Kier alpha value is -3.61. The number of aromatic nitrogens is 2. The van der Waals surface area contributed by atoms with E-state index < -0.39 is 0 Å². The molecule has 0 bridgehead atoms. The van der Waals surface area contributed by atoms with Crippen LogP contribution >= 0.6 is 0 Å². The fourth-order valence-corrected chi connectivity index (χ4v) is 2.50. The molecule has 0 unspecified atom stereocenters. The molecule has 3 aromatic rings. The van der Waals surface area contributed by atoms with Gasteiger partial charge in [-0.3, -0.25) is 9.89 Å². The van der Waals surface area contributed by atoms with Gasteiger partial charge >= 0.3 is 0 Å². The van der Waals surface area contributed by atoms with E-state index in [-0.39, 0.29) is 5.91 Å². The Labute approximate surface area is 157 Å². The molecule has 0 fully saturated rings. The number of aromatic amines is 1. The summed E-state index contributed by atoms with van der Waals surface area (Å²) in [4.78, 5) is 12.3. The number of hydrogen-bond donors (Lipinski definition) is 3. The maximum atomic E-state index is 12.3. The molecule has 0 saturated heterocycles. The summed E-state index contributed by atoms with van der Waals surface area (Å²) in [6, 6.07) is 16.5. The van der Waals surface area contributed by atoms with Crippen molar-refractivity contribution in [2.75, 3.05) is 12.3 Å². The molecule has 0 aliphatic heterocycles. The topological polar surface area (TPSA) is 105 Å². The molecule has 0 radical (unpaired) electrons. The number of carbonyl (C=O) groups excluding carboxylic acids is 1. The van der Waals surface area contributed by atoms with Gasteiger partial charge in [-0.15, -0.1) is 0 Å². The maximum Gasteiger partial charge on any atom is 0.289 e. The highest BCUT2D eigenvalue weighted by Gasteiger charge is 2.11. The first-order valence-electron chi connectivity index (χ1n) is 8.56. The van der Waals surface area contributed by atoms with Crippen molar-refractivity contribution >= 4 is 17.3 Å². The summed E-state index contributed by atoms with van der Waals surface area (Å²) in [5.41, 5.74) is 12.3. The summed E-state index contributed by atoms with van der Waals surface area (Å²) < 4.78 is 5.42. The number of H-pyrrole nitrogens is 1. The Bertz CT molecular complexity index is 961. The number of nitrogens with zero attached hydrogens (tertiary/aromatic N) is 2. The van der Waals surface area contributed by atoms with Gasteiger partial charge in [0.05, 0.1) is 18.0 Å². The zero-order valence-electron chi connectivity index (χ0n) is 15.2. The van der Waals surface area contributed by atoms with Crippen molar-refractivity contribution in [3.05, 3.63) is 65.9 Å². The average Bonchev–Trinajstić information content (AvgIpc) is 3.17. The number of nitrogens with two attached hydrogens (primary N) is 1. The maximum absolute atomic E-state index is 12.3. The Morgan fingerprint density at radius 1 is 1.22 bits per heavy atom. The summed E-state index contributed by atoms with van der Waals surface area (Å²) in [6.45, 7) is 4.35. The Balaban J connectivity index is 1.68. The van der Waals surface area contributed by atoms with Crippen LogP contribution in [0, 0.1) is 0 Å². The van der Waals surface area contributed by atoms with Crippen molar-refractivity contribution < 1.29 is 9.53 Å². The normalized spacial score (nSPS) is 11.3. The number of hydrogen-bond acceptors (Lipinski definition) is 5. The SMILES string of the molecule is CCOc1ccc(-c2cc(C(=O)N/N=C(\C)c3cccc(N)c3)[nH]n2)cc1. The molecule has 7 nitrogen and oxygen atoms in total. The van der Waals surface area contributed by atoms with Crippen molar-refractivity contribution in [1.82, 2.24) is 15.6 Å². The number of nitrogens with one attached hydrogen (secondary N) is 2. The van der Waals surface area contributed by atoms with Crippen LogP contribution in [-0.4, -0.2) is 28.4 Å². The van der Waals surface area contributed by atoms with E-state index in [2.05, 4.69) is 20.7 Å². The van der Waals surface area contributed by atoms with Crippen LogP contribution in [0.5, 0.6) is 5.75 Å². The molecule has 0 spiro atoms. The molecule has 3 rings (SSSR count). The van der Waals surface area contributed by atoms with E-state index in [0.717, 1.165) is 16.9 Å². The van der Waals surface area contributed by atoms with Crippen molar-refractivity contribution in [1.29, 1.82) is 0 Å². The van der Waals surface area contributed by atoms with Gasteiger partial charge in [-0.1, -0.05) is 12.1 Å². The summed E-state index contributed by atoms with van der Waals surface area (Å²) in [5.74, 6) is 0.420. The molecule has 7 heteroatoms. The van der Waals surface area contributed by atoms with Crippen LogP contribution in [-0.2, 0) is 0 Å². The molecular formula is C20H21N5O2. The van der Waals surface area contributed by atoms with Crippen LogP contribution in [0.1, 0.15) is 29.9 Å². The van der Waals surface area contributed by atoms with E-state index in [1.54, 1.807) is 25.1 Å². The Kier molecular flexibility index (Phi) is 5.51. The van der Waals surface area contributed by atoms with Gasteiger partial charge in [0.1, 0.15) is 11.4 Å². The standard InChI is InChI=1S/C20H21N5O2/c1-3-27-17-9-7-14(8-10-17)18-12-19(24-23-18)20(26)25-22-13(2)15-5-4-6-16(21)11-15/h4-12H,3,21H2,1-2H3,(H,23,24)(H,25,26)/b22-13+. The molecule has 0 aliphatic rings. The highest BCUT2D eigenvalue weighted by molar-refractivity contribution is 6.01. The summed E-state index contributed by atoms with van der Waals surface area (Å²) in [5, 5.41) is 11.0. The number of amides is 1. The number of anilines is 1. The number of ether oxygens (including phenoxy) is 1. The molecule has 0 atom stereocenters. The van der Waals surface area contributed by atoms with Gasteiger partial charge in [-0.2, -0.15) is 10.2 Å². The molecular weight excluding hydrogens is 342 g/mol. The first-order chi connectivity index (χ1) is 13.1. The lowest BCUT2D eigenvalue weighted by atomic mass is 10.1. The molecule has 2 aromatic carbocycles. The molecule has 4 N–H and O–H groups in total. The van der Waals surface area contributed by atoms with E-state index in [1.165, 1.54) is 0 Å². The number of rotatable bonds is 6. The second-order valence-electron chi connectivity index (χ2n) is 5.89. The third-order valence-electron chi connectivity index (χ3n) is 3.91. The minimum absolute atomic E-state index is 0.322. The van der Waals surface area contributed by atoms with Gasteiger partial charge < -0.3 is 10.5 Å². The molecule has 1 heterocycles. The first-order valence-corrected chi connectivity index (χ1v) is 8.56. The van der Waals surface area contributed by atoms with Crippen LogP contribution in [0.2, 0.25) is 0 Å². The van der Waals surface area contributed by atoms with Crippen molar-refractivity contribution in [3.63, 3.8) is 0 Å². The quantitative estimate of drug-likeness (QED) is 0.355. The van der Waals surface area contributed by atoms with Crippen molar-refractivity contribution in [2.24, 2.45) is 5.10 Å². The Morgan fingerprint density at radius 3 is 2.70 bits per heavy atom. The van der Waals surface area contributed by atoms with Crippen molar-refractivity contribution in [2.45, 2.75) is 13.8 Å². The van der Waals surface area contributed by atoms with Crippen molar-refractivity contribution in [3.8, 4) is 17.0 Å². The summed E-state index contributed by atoms with van der Waals surface area (Å²) in [7, 11) is 0. The highest BCUT2D eigenvalue weighted by Crippen LogP contribution is 2.21. The molecule has 0 saturated carbocycles. The second kappa shape index (κ2) is 8.18. The van der Waals surface area contributed by atoms with Gasteiger partial charge in [0.25, 0.3) is 5.91 Å². The monoisotopic (exact) mass is 363 g/mol. The van der Waals surface area contributed by atoms with E-state index in [4.69, 9.17) is 10.5 Å². The van der Waals surface area contributed by atoms with E-state index in [9.17, 15) is 4.79 Å². The number of benzene rings is 2. The predicted molar refractivity (Wildman–Crippen MR) is 106 cm³/mol. The fourth-order valence-electron chi connectivity index (χ4n) is 2.50. The molecule has 27 heavy (non-hydrogen) atoms. The molecule has 0 aliphatic carbocycles. The number of nitrogen functional groups attached to an aromatic ring is 1. The van der Waals surface area contributed by atoms with Gasteiger partial charge in [-0.25, -0.2) is 5.43 Å². The van der Waals surface area contributed by atoms with Gasteiger partial charge in [0.15, 0.2) is 0 Å². The molecule has 1 amide bonds. The van der Waals surface area contributed by atoms with Crippen LogP contribution < -0.4 is 15.9 Å². The van der Waals surface area contributed by atoms with Crippen LogP contribution in [0.25, 0.3) is 11.3 Å². The lowest BCUT2D eigenvalue weighted by Gasteiger charge is -2.03. The zero-order chi connectivity index (χ0) is 19.2. The Morgan fingerprint density at radius 2 is 2.00 bits per heavy atom. The van der Waals surface area contributed by atoms with Crippen LogP contribution in [0.4, 0.5) is 5.69 Å². The third kappa shape index (κ3) is 4.52. The van der Waals surface area contributed by atoms with Crippen LogP contribution in [0.15, 0.2) is 59.7 Å². The van der Waals surface area contributed by atoms with Crippen LogP contribution in [0.3, 0.4) is 0 Å².